The summed E-state index contributed by atoms with van der Waals surface area (Å²) in [6.45, 7) is 8.25. The maximum Gasteiger partial charge on any atom is 0.306 e. The van der Waals surface area contributed by atoms with Crippen LogP contribution < -0.4 is 4.89 Å². The van der Waals surface area contributed by atoms with Gasteiger partial charge in [-0.2, -0.15) is 0 Å². The Kier molecular flexibility index (Phi) is 34.1. The zero-order valence-corrected chi connectivity index (χ0v) is 42.1. The highest BCUT2D eigenvalue weighted by Gasteiger charge is 2.22. The van der Waals surface area contributed by atoms with Crippen LogP contribution in [0.2, 0.25) is 0 Å². The molecular weight excluding hydrogens is 830 g/mol. The van der Waals surface area contributed by atoms with Gasteiger partial charge in [0.1, 0.15) is 31.3 Å². The topological polar surface area (TPSA) is 141 Å². The van der Waals surface area contributed by atoms with Crippen LogP contribution in [-0.4, -0.2) is 75.8 Å². The SMILES string of the molecule is CCCCC/C=C\C/C=C\C/C=C\C=C\C(=O)CCCC(=O)O[C@H](COC(=O)CCCCCCCCCCCCc1oc(CCCCC)c(C)c1C)COP(=O)([O-])OCC[N+](C)(C)C. The van der Waals surface area contributed by atoms with Crippen molar-refractivity contribution in [3.63, 3.8) is 0 Å². The number of phosphoric ester groups is 1. The first kappa shape index (κ1) is 58.9. The van der Waals surface area contributed by atoms with Crippen molar-refractivity contribution in [3.05, 3.63) is 71.3 Å². The van der Waals surface area contributed by atoms with Gasteiger partial charge in [0.15, 0.2) is 11.9 Å². The Morgan fingerprint density at radius 3 is 1.81 bits per heavy atom. The third-order valence-corrected chi connectivity index (χ3v) is 12.0. The maximum atomic E-state index is 12.7. The van der Waals surface area contributed by atoms with E-state index in [1.807, 2.05) is 33.3 Å². The van der Waals surface area contributed by atoms with Crippen LogP contribution in [0.25, 0.3) is 0 Å². The molecule has 0 fully saturated rings. The highest BCUT2D eigenvalue weighted by atomic mass is 31.2. The Bertz CT molecular complexity index is 1570. The fraction of sp³-hybridized carbons (Fsp3) is 0.712. The lowest BCUT2D eigenvalue weighted by Gasteiger charge is -2.28. The molecule has 1 aromatic heterocycles. The first-order chi connectivity index (χ1) is 30.7. The molecule has 64 heavy (non-hydrogen) atoms. The number of ketones is 1. The first-order valence-corrected chi connectivity index (χ1v) is 26.1. The lowest BCUT2D eigenvalue weighted by molar-refractivity contribution is -0.870. The second kappa shape index (κ2) is 37.1. The summed E-state index contributed by atoms with van der Waals surface area (Å²) >= 11 is 0. The van der Waals surface area contributed by atoms with Crippen molar-refractivity contribution in [2.24, 2.45) is 0 Å². The molecule has 366 valence electrons. The fourth-order valence-corrected chi connectivity index (χ4v) is 7.57. The number of nitrogens with zero attached hydrogens (tertiary/aromatic N) is 1. The zero-order valence-electron chi connectivity index (χ0n) is 41.2. The van der Waals surface area contributed by atoms with Crippen molar-refractivity contribution in [2.75, 3.05) is 47.5 Å². The fourth-order valence-electron chi connectivity index (χ4n) is 6.85. The van der Waals surface area contributed by atoms with E-state index in [-0.39, 0.29) is 44.7 Å². The van der Waals surface area contributed by atoms with Crippen LogP contribution in [0.4, 0.5) is 0 Å². The highest BCUT2D eigenvalue weighted by Crippen LogP contribution is 2.38. The van der Waals surface area contributed by atoms with E-state index in [0.717, 1.165) is 57.8 Å². The Morgan fingerprint density at radius 2 is 1.19 bits per heavy atom. The van der Waals surface area contributed by atoms with Crippen molar-refractivity contribution >= 4 is 25.5 Å². The molecule has 1 aromatic rings. The van der Waals surface area contributed by atoms with Crippen LogP contribution in [0, 0.1) is 13.8 Å². The highest BCUT2D eigenvalue weighted by molar-refractivity contribution is 7.45. The van der Waals surface area contributed by atoms with Gasteiger partial charge in [-0.25, -0.2) is 0 Å². The van der Waals surface area contributed by atoms with Crippen molar-refractivity contribution in [3.8, 4) is 0 Å². The van der Waals surface area contributed by atoms with Gasteiger partial charge in [0, 0.05) is 32.1 Å². The van der Waals surface area contributed by atoms with Crippen LogP contribution in [0.5, 0.6) is 0 Å². The lowest BCUT2D eigenvalue weighted by Crippen LogP contribution is -2.37. The van der Waals surface area contributed by atoms with Gasteiger partial charge in [-0.05, 0) is 82.4 Å². The molecule has 1 rings (SSSR count). The smallest absolute Gasteiger partial charge is 0.306 e. The molecule has 11 nitrogen and oxygen atoms in total. The second-order valence-electron chi connectivity index (χ2n) is 18.1. The van der Waals surface area contributed by atoms with Crippen LogP contribution in [-0.2, 0) is 50.3 Å². The van der Waals surface area contributed by atoms with Gasteiger partial charge in [0.05, 0.1) is 27.7 Å². The maximum absolute atomic E-state index is 12.7. The van der Waals surface area contributed by atoms with Crippen LogP contribution in [0.1, 0.15) is 184 Å². The molecule has 0 aliphatic heterocycles. The molecule has 1 heterocycles. The van der Waals surface area contributed by atoms with Crippen LogP contribution >= 0.6 is 7.82 Å². The van der Waals surface area contributed by atoms with Gasteiger partial charge < -0.3 is 32.3 Å². The van der Waals surface area contributed by atoms with Gasteiger partial charge in [-0.15, -0.1) is 0 Å². The minimum atomic E-state index is -4.71. The minimum Gasteiger partial charge on any atom is -0.756 e. The molecule has 0 amide bonds. The number of likely N-dealkylation sites (N-methyl/N-ethyl adjacent to an activating group) is 1. The third-order valence-electron chi connectivity index (χ3n) is 11.0. The summed E-state index contributed by atoms with van der Waals surface area (Å²) in [5.74, 6) is 1.12. The molecule has 0 spiro atoms. The van der Waals surface area contributed by atoms with Crippen LogP contribution in [0.15, 0.2) is 53.0 Å². The van der Waals surface area contributed by atoms with Crippen molar-refractivity contribution in [1.82, 2.24) is 0 Å². The first-order valence-electron chi connectivity index (χ1n) is 24.7. The van der Waals surface area contributed by atoms with Gasteiger partial charge in [-0.1, -0.05) is 133 Å². The quantitative estimate of drug-likeness (QED) is 0.0118. The summed E-state index contributed by atoms with van der Waals surface area (Å²) in [7, 11) is 1.00. The Morgan fingerprint density at radius 1 is 0.641 bits per heavy atom. The lowest BCUT2D eigenvalue weighted by atomic mass is 10.0. The number of carbonyl (C=O) groups excluding carboxylic acids is 3. The number of aryl methyl sites for hydroxylation is 2. The largest absolute Gasteiger partial charge is 0.756 e. The van der Waals surface area contributed by atoms with E-state index in [1.165, 1.54) is 99.4 Å². The van der Waals surface area contributed by atoms with E-state index in [9.17, 15) is 23.8 Å². The van der Waals surface area contributed by atoms with Crippen molar-refractivity contribution in [2.45, 2.75) is 194 Å². The number of allylic oxidation sites excluding steroid dienone is 8. The molecule has 0 aromatic carbocycles. The Balaban J connectivity index is 2.38. The molecule has 2 atom stereocenters. The number of unbranched alkanes of at least 4 members (excludes halogenated alkanes) is 14. The number of carbonyl (C=O) groups is 3. The van der Waals surface area contributed by atoms with Crippen molar-refractivity contribution in [1.29, 1.82) is 0 Å². The number of furan rings is 1. The van der Waals surface area contributed by atoms with Crippen LogP contribution in [0.3, 0.4) is 0 Å². The standard InChI is InChI=1S/C52H88NO10P/c1-8-10-12-13-14-15-16-17-18-21-24-27-31-35-47(54)36-34-40-52(56)62-48(44-61-64(57,58)60-42-41-53(5,6)7)43-59-51(55)39-33-29-26-23-20-19-22-25-28-32-38-50-46(4)45(3)49(63-50)37-30-11-9-2/h14-15,17-18,24,27,31,35,48H,8-13,16,19-23,25-26,28-30,32-34,36-44H2,1-7H3/b15-14-,18-17-,27-24-,35-31+/t48-/m1/s1. The number of esters is 2. The molecule has 0 saturated carbocycles. The summed E-state index contributed by atoms with van der Waals surface area (Å²) in [6, 6.07) is 0. The normalized spacial score (nSPS) is 13.8. The van der Waals surface area contributed by atoms with Crippen molar-refractivity contribution < 1.29 is 51.3 Å². The van der Waals surface area contributed by atoms with E-state index < -0.39 is 32.5 Å². The molecule has 0 bridgehead atoms. The van der Waals surface area contributed by atoms with E-state index in [4.69, 9.17) is 22.9 Å². The molecule has 0 radical (unpaired) electrons. The number of rotatable bonds is 41. The van der Waals surface area contributed by atoms with E-state index in [1.54, 1.807) is 6.08 Å². The average molecular weight is 918 g/mol. The molecule has 12 heteroatoms. The summed E-state index contributed by atoms with van der Waals surface area (Å²) in [6.07, 6.45) is 38.2. The second-order valence-corrected chi connectivity index (χ2v) is 19.5. The zero-order chi connectivity index (χ0) is 47.3. The monoisotopic (exact) mass is 918 g/mol. The summed E-state index contributed by atoms with van der Waals surface area (Å²) in [4.78, 5) is 50.1. The predicted molar refractivity (Wildman–Crippen MR) is 258 cm³/mol. The Hall–Kier alpha value is -3.08. The van der Waals surface area contributed by atoms with E-state index in [2.05, 4.69) is 52.0 Å². The molecule has 0 N–H and O–H groups in total. The Labute approximate surface area is 388 Å². The van der Waals surface area contributed by atoms with E-state index >= 15 is 0 Å². The van der Waals surface area contributed by atoms with Gasteiger partial charge in [-0.3, -0.25) is 18.9 Å². The van der Waals surface area contributed by atoms with Gasteiger partial charge in [0.2, 0.25) is 0 Å². The molecular formula is C52H88NO10P. The summed E-state index contributed by atoms with van der Waals surface area (Å²) in [5, 5.41) is 0. The predicted octanol–water partition coefficient (Wildman–Crippen LogP) is 12.5. The number of phosphoric acid groups is 1. The molecule has 1 unspecified atom stereocenters. The number of quaternary nitrogens is 1. The average Bonchev–Trinajstić information content (AvgIpc) is 3.51. The van der Waals surface area contributed by atoms with E-state index in [0.29, 0.717) is 17.4 Å². The van der Waals surface area contributed by atoms with Gasteiger partial charge >= 0.3 is 11.9 Å². The number of ether oxygens (including phenoxy) is 2. The minimum absolute atomic E-state index is 0.0714. The molecule has 0 saturated heterocycles. The number of hydrogen-bond acceptors (Lipinski definition) is 10. The molecule has 0 aliphatic rings. The number of hydrogen-bond donors (Lipinski definition) is 0. The van der Waals surface area contributed by atoms with Gasteiger partial charge in [0.25, 0.3) is 7.82 Å². The molecule has 0 aliphatic carbocycles. The summed E-state index contributed by atoms with van der Waals surface area (Å²) < 4.78 is 40.0. The third kappa shape index (κ3) is 33.4. The summed E-state index contributed by atoms with van der Waals surface area (Å²) in [5.41, 5.74) is 2.67.